The molecule has 0 aromatic heterocycles. The molecule has 0 N–H and O–H groups in total. The summed E-state index contributed by atoms with van der Waals surface area (Å²) in [6.45, 7) is 2.11. The van der Waals surface area contributed by atoms with Gasteiger partial charge in [0.15, 0.2) is 15.0 Å². The van der Waals surface area contributed by atoms with Gasteiger partial charge in [0.2, 0.25) is 0 Å². The molecule has 2 aliphatic rings. The van der Waals surface area contributed by atoms with Gasteiger partial charge in [-0.1, -0.05) is 30.0 Å². The molecular weight excluding hydrogens is 336 g/mol. The Labute approximate surface area is 139 Å². The van der Waals surface area contributed by atoms with E-state index in [9.17, 15) is 13.2 Å². The molecule has 0 radical (unpaired) electrons. The van der Waals surface area contributed by atoms with Gasteiger partial charge in [0.25, 0.3) is 0 Å². The van der Waals surface area contributed by atoms with Crippen LogP contribution in [0.3, 0.4) is 0 Å². The van der Waals surface area contributed by atoms with Gasteiger partial charge in [-0.15, -0.1) is 0 Å². The van der Waals surface area contributed by atoms with Crippen LogP contribution in [0, 0.1) is 0 Å². The molecule has 1 aromatic carbocycles. The Hall–Kier alpha value is -1.54. The summed E-state index contributed by atoms with van der Waals surface area (Å²) in [5.41, 5.74) is 0.896. The largest absolute Gasteiger partial charge is 0.465 e. The van der Waals surface area contributed by atoms with Crippen molar-refractivity contribution >= 4 is 38.4 Å². The van der Waals surface area contributed by atoms with Crippen molar-refractivity contribution in [2.75, 3.05) is 28.8 Å². The molecule has 0 amide bonds. The number of fused-ring (bicyclic) bond motifs is 1. The predicted octanol–water partition coefficient (Wildman–Crippen LogP) is 1.32. The molecule has 2 atom stereocenters. The Morgan fingerprint density at radius 3 is 2.78 bits per heavy atom. The van der Waals surface area contributed by atoms with Gasteiger partial charge in [0.1, 0.15) is 0 Å². The van der Waals surface area contributed by atoms with E-state index < -0.39 is 9.84 Å². The Balaban J connectivity index is 1.83. The highest BCUT2D eigenvalue weighted by molar-refractivity contribution is 8.14. The van der Waals surface area contributed by atoms with Crippen molar-refractivity contribution in [2.24, 2.45) is 4.99 Å². The van der Waals surface area contributed by atoms with Gasteiger partial charge >= 0.3 is 5.97 Å². The van der Waals surface area contributed by atoms with E-state index >= 15 is 0 Å². The lowest BCUT2D eigenvalue weighted by atomic mass is 10.1. The number of sulfone groups is 1. The summed E-state index contributed by atoms with van der Waals surface area (Å²) in [7, 11) is -3.06. The molecule has 2 aliphatic heterocycles. The fraction of sp³-hybridized carbons (Fsp3) is 0.467. The first-order valence-electron chi connectivity index (χ1n) is 7.41. The van der Waals surface area contributed by atoms with Gasteiger partial charge in [-0.2, -0.15) is 0 Å². The number of aliphatic imine (C=N–C) groups is 1. The molecular formula is C15H18N2O4S2. The van der Waals surface area contributed by atoms with Gasteiger partial charge in [0.05, 0.1) is 35.9 Å². The Morgan fingerprint density at radius 2 is 2.09 bits per heavy atom. The lowest BCUT2D eigenvalue weighted by Crippen LogP contribution is -2.39. The molecule has 1 aromatic rings. The van der Waals surface area contributed by atoms with E-state index in [1.807, 2.05) is 35.2 Å². The number of hydrogen-bond donors (Lipinski definition) is 0. The molecule has 1 fully saturated rings. The van der Waals surface area contributed by atoms with Crippen LogP contribution < -0.4 is 4.90 Å². The van der Waals surface area contributed by atoms with E-state index in [-0.39, 0.29) is 35.3 Å². The Bertz CT molecular complexity index is 718. The van der Waals surface area contributed by atoms with E-state index in [1.54, 1.807) is 6.92 Å². The standard InChI is InChI=1S/C15H18N2O4S2/c1-2-21-14(18)8-22-15-16-12-9-23(19,20)10-13(12)17(15)11-6-4-3-5-7-11/h3-7,12-13H,2,8-10H2,1H3/t12-,13-/m1/s1. The zero-order valence-electron chi connectivity index (χ0n) is 12.7. The minimum Gasteiger partial charge on any atom is -0.465 e. The monoisotopic (exact) mass is 354 g/mol. The second-order valence-electron chi connectivity index (χ2n) is 5.42. The number of amidine groups is 1. The highest BCUT2D eigenvalue weighted by Crippen LogP contribution is 2.34. The molecule has 124 valence electrons. The van der Waals surface area contributed by atoms with Crippen LogP contribution >= 0.6 is 11.8 Å². The molecule has 0 aliphatic carbocycles. The van der Waals surface area contributed by atoms with Crippen molar-refractivity contribution in [1.29, 1.82) is 0 Å². The van der Waals surface area contributed by atoms with Crippen molar-refractivity contribution in [3.63, 3.8) is 0 Å². The molecule has 23 heavy (non-hydrogen) atoms. The minimum atomic E-state index is -3.06. The molecule has 3 rings (SSSR count). The number of carbonyl (C=O) groups excluding carboxylic acids is 1. The number of thioether (sulfide) groups is 1. The fourth-order valence-corrected chi connectivity index (χ4v) is 5.61. The van der Waals surface area contributed by atoms with Crippen LogP contribution in [0.4, 0.5) is 5.69 Å². The number of benzene rings is 1. The van der Waals surface area contributed by atoms with Crippen LogP contribution in [0.5, 0.6) is 0 Å². The molecule has 8 heteroatoms. The highest BCUT2D eigenvalue weighted by Gasteiger charge is 2.47. The SMILES string of the molecule is CCOC(=O)CSC1=N[C@@H]2CS(=O)(=O)C[C@H]2N1c1ccccc1. The fourth-order valence-electron chi connectivity index (χ4n) is 2.85. The van der Waals surface area contributed by atoms with Crippen LogP contribution in [0.15, 0.2) is 35.3 Å². The third kappa shape index (κ3) is 3.53. The third-order valence-electron chi connectivity index (χ3n) is 3.77. The summed E-state index contributed by atoms with van der Waals surface area (Å²) in [6, 6.07) is 9.11. The average molecular weight is 354 g/mol. The maximum atomic E-state index is 11.9. The van der Waals surface area contributed by atoms with Gasteiger partial charge in [-0.3, -0.25) is 9.79 Å². The molecule has 0 unspecified atom stereocenters. The quantitative estimate of drug-likeness (QED) is 0.759. The molecule has 6 nitrogen and oxygen atoms in total. The zero-order valence-corrected chi connectivity index (χ0v) is 14.3. The van der Waals surface area contributed by atoms with E-state index in [0.717, 1.165) is 5.69 Å². The summed E-state index contributed by atoms with van der Waals surface area (Å²) >= 11 is 1.30. The number of anilines is 1. The van der Waals surface area contributed by atoms with Crippen LogP contribution in [0.2, 0.25) is 0 Å². The van der Waals surface area contributed by atoms with Crippen molar-refractivity contribution in [3.05, 3.63) is 30.3 Å². The lowest BCUT2D eigenvalue weighted by Gasteiger charge is -2.26. The summed E-state index contributed by atoms with van der Waals surface area (Å²) in [5, 5.41) is 0.689. The Kier molecular flexibility index (Phi) is 4.63. The predicted molar refractivity (Wildman–Crippen MR) is 91.7 cm³/mol. The number of nitrogens with zero attached hydrogens (tertiary/aromatic N) is 2. The number of hydrogen-bond acceptors (Lipinski definition) is 7. The third-order valence-corrected chi connectivity index (χ3v) is 6.41. The van der Waals surface area contributed by atoms with Crippen LogP contribution in [0.1, 0.15) is 6.92 Å². The number of esters is 1. The molecule has 0 spiro atoms. The van der Waals surface area contributed by atoms with Gasteiger partial charge < -0.3 is 9.64 Å². The molecule has 1 saturated heterocycles. The normalized spacial score (nSPS) is 25.1. The van der Waals surface area contributed by atoms with Crippen LogP contribution in [0.25, 0.3) is 0 Å². The first-order chi connectivity index (χ1) is 11.0. The summed E-state index contributed by atoms with van der Waals surface area (Å²) in [4.78, 5) is 18.1. The number of rotatable bonds is 4. The first kappa shape index (κ1) is 16.3. The van der Waals surface area contributed by atoms with Crippen LogP contribution in [-0.2, 0) is 19.4 Å². The van der Waals surface area contributed by atoms with Crippen molar-refractivity contribution in [3.8, 4) is 0 Å². The van der Waals surface area contributed by atoms with E-state index in [0.29, 0.717) is 11.8 Å². The smallest absolute Gasteiger partial charge is 0.316 e. The minimum absolute atomic E-state index is 0.0739. The lowest BCUT2D eigenvalue weighted by molar-refractivity contribution is -0.139. The molecule has 0 saturated carbocycles. The maximum absolute atomic E-state index is 11.9. The topological polar surface area (TPSA) is 76.0 Å². The number of ether oxygens (including phenoxy) is 1. The van der Waals surface area contributed by atoms with Crippen molar-refractivity contribution in [1.82, 2.24) is 0 Å². The summed E-state index contributed by atoms with van der Waals surface area (Å²) in [6.07, 6.45) is 0. The maximum Gasteiger partial charge on any atom is 0.316 e. The van der Waals surface area contributed by atoms with Crippen LogP contribution in [-0.4, -0.2) is 55.5 Å². The summed E-state index contributed by atoms with van der Waals surface area (Å²) < 4.78 is 28.7. The van der Waals surface area contributed by atoms with E-state index in [4.69, 9.17) is 4.74 Å². The van der Waals surface area contributed by atoms with E-state index in [1.165, 1.54) is 11.8 Å². The Morgan fingerprint density at radius 1 is 1.35 bits per heavy atom. The summed E-state index contributed by atoms with van der Waals surface area (Å²) in [5.74, 6) is 0.0459. The van der Waals surface area contributed by atoms with Gasteiger partial charge in [-0.05, 0) is 19.1 Å². The van der Waals surface area contributed by atoms with E-state index in [2.05, 4.69) is 4.99 Å². The second kappa shape index (κ2) is 6.52. The molecule has 0 bridgehead atoms. The highest BCUT2D eigenvalue weighted by atomic mass is 32.2. The molecule has 2 heterocycles. The zero-order chi connectivity index (χ0) is 16.4. The first-order valence-corrected chi connectivity index (χ1v) is 10.2. The van der Waals surface area contributed by atoms with Crippen molar-refractivity contribution in [2.45, 2.75) is 19.0 Å². The average Bonchev–Trinajstić information content (AvgIpc) is 2.97. The number of carbonyl (C=O) groups is 1. The second-order valence-corrected chi connectivity index (χ2v) is 8.52. The van der Waals surface area contributed by atoms with Crippen molar-refractivity contribution < 1.29 is 17.9 Å². The number of para-hydroxylation sites is 1. The van der Waals surface area contributed by atoms with Gasteiger partial charge in [-0.25, -0.2) is 8.42 Å². The van der Waals surface area contributed by atoms with Gasteiger partial charge in [0, 0.05) is 5.69 Å².